The Kier molecular flexibility index (Phi) is 4.60. The van der Waals surface area contributed by atoms with Crippen LogP contribution < -0.4 is 4.72 Å². The van der Waals surface area contributed by atoms with E-state index in [4.69, 9.17) is 16.7 Å². The number of sulfonamides is 1. The number of aliphatic carboxylic acids is 1. The lowest BCUT2D eigenvalue weighted by molar-refractivity contribution is -0.141. The van der Waals surface area contributed by atoms with E-state index in [2.05, 4.69) is 4.72 Å². The Morgan fingerprint density at radius 2 is 2.10 bits per heavy atom. The number of aryl methyl sites for hydroxylation is 1. The second-order valence-corrected chi connectivity index (χ2v) is 7.83. The van der Waals surface area contributed by atoms with Crippen LogP contribution >= 0.6 is 11.6 Å². The topological polar surface area (TPSA) is 83.5 Å². The van der Waals surface area contributed by atoms with E-state index in [1.54, 1.807) is 13.0 Å². The summed E-state index contributed by atoms with van der Waals surface area (Å²) in [6, 6.07) is 4.58. The summed E-state index contributed by atoms with van der Waals surface area (Å²) in [4.78, 5) is 11.1. The summed E-state index contributed by atoms with van der Waals surface area (Å²) in [5, 5.41) is 9.42. The Bertz CT molecular complexity index is 653. The largest absolute Gasteiger partial charge is 0.481 e. The maximum absolute atomic E-state index is 12.3. The van der Waals surface area contributed by atoms with Gasteiger partial charge in [-0.25, -0.2) is 13.1 Å². The second-order valence-electron chi connectivity index (χ2n) is 5.66. The monoisotopic (exact) mass is 331 g/mol. The fourth-order valence-electron chi connectivity index (χ4n) is 2.65. The van der Waals surface area contributed by atoms with Crippen LogP contribution in [0.4, 0.5) is 0 Å². The van der Waals surface area contributed by atoms with E-state index in [-0.39, 0.29) is 17.9 Å². The minimum atomic E-state index is -3.65. The van der Waals surface area contributed by atoms with Crippen LogP contribution in [0, 0.1) is 12.3 Å². The molecule has 0 saturated heterocycles. The van der Waals surface area contributed by atoms with Gasteiger partial charge in [-0.2, -0.15) is 0 Å². The summed E-state index contributed by atoms with van der Waals surface area (Å²) < 4.78 is 27.2. The van der Waals surface area contributed by atoms with Crippen molar-refractivity contribution in [3.8, 4) is 0 Å². The number of carbonyl (C=O) groups is 1. The highest BCUT2D eigenvalue weighted by Gasteiger charge is 2.39. The number of nitrogens with one attached hydrogen (secondary N) is 1. The highest BCUT2D eigenvalue weighted by molar-refractivity contribution is 7.89. The zero-order valence-electron chi connectivity index (χ0n) is 11.7. The van der Waals surface area contributed by atoms with Crippen molar-refractivity contribution in [2.75, 3.05) is 6.54 Å². The van der Waals surface area contributed by atoms with E-state index in [9.17, 15) is 13.2 Å². The molecule has 5 nitrogen and oxygen atoms in total. The zero-order valence-corrected chi connectivity index (χ0v) is 13.3. The summed E-state index contributed by atoms with van der Waals surface area (Å²) in [7, 11) is -3.65. The summed E-state index contributed by atoms with van der Waals surface area (Å²) in [5.41, 5.74) is 0.120. The van der Waals surface area contributed by atoms with Gasteiger partial charge >= 0.3 is 5.97 Å². The molecule has 21 heavy (non-hydrogen) atoms. The third kappa shape index (κ3) is 3.75. The molecule has 0 spiro atoms. The van der Waals surface area contributed by atoms with Gasteiger partial charge in [-0.1, -0.05) is 18.0 Å². The number of halogens is 1. The number of rotatable bonds is 6. The summed E-state index contributed by atoms with van der Waals surface area (Å²) in [6.07, 6.45) is 2.41. The molecule has 0 unspecified atom stereocenters. The Hall–Kier alpha value is -1.11. The number of hydrogen-bond acceptors (Lipinski definition) is 3. The van der Waals surface area contributed by atoms with Gasteiger partial charge in [0.2, 0.25) is 10.0 Å². The molecule has 7 heteroatoms. The van der Waals surface area contributed by atoms with Gasteiger partial charge in [0.1, 0.15) is 0 Å². The van der Waals surface area contributed by atoms with Crippen molar-refractivity contribution in [2.24, 2.45) is 5.41 Å². The first-order valence-electron chi connectivity index (χ1n) is 6.72. The average molecular weight is 332 g/mol. The van der Waals surface area contributed by atoms with Gasteiger partial charge in [0, 0.05) is 11.6 Å². The third-order valence-corrected chi connectivity index (χ3v) is 5.80. The summed E-state index contributed by atoms with van der Waals surface area (Å²) in [6.45, 7) is 1.83. The fourth-order valence-corrected chi connectivity index (χ4v) is 4.26. The quantitative estimate of drug-likeness (QED) is 0.839. The van der Waals surface area contributed by atoms with Crippen LogP contribution in [-0.2, 0) is 14.8 Å². The van der Waals surface area contributed by atoms with Crippen molar-refractivity contribution >= 4 is 27.6 Å². The SMILES string of the molecule is Cc1cc(Cl)ccc1S(=O)(=O)NCC1(CC(=O)O)CCC1. The molecule has 1 fully saturated rings. The molecule has 1 aromatic carbocycles. The van der Waals surface area contributed by atoms with Crippen LogP contribution in [-0.4, -0.2) is 26.0 Å². The van der Waals surface area contributed by atoms with Crippen LogP contribution in [0.1, 0.15) is 31.2 Å². The fraction of sp³-hybridized carbons (Fsp3) is 0.500. The highest BCUT2D eigenvalue weighted by Crippen LogP contribution is 2.43. The Morgan fingerprint density at radius 3 is 2.57 bits per heavy atom. The predicted molar refractivity (Wildman–Crippen MR) is 79.9 cm³/mol. The molecule has 1 saturated carbocycles. The van der Waals surface area contributed by atoms with Crippen LogP contribution in [0.15, 0.2) is 23.1 Å². The van der Waals surface area contributed by atoms with Gasteiger partial charge < -0.3 is 5.11 Å². The maximum Gasteiger partial charge on any atom is 0.303 e. The lowest BCUT2D eigenvalue weighted by Gasteiger charge is -2.40. The lowest BCUT2D eigenvalue weighted by atomic mass is 9.67. The summed E-state index contributed by atoms with van der Waals surface area (Å²) in [5.74, 6) is -0.892. The molecule has 1 aliphatic rings. The molecule has 0 aromatic heterocycles. The minimum Gasteiger partial charge on any atom is -0.481 e. The van der Waals surface area contributed by atoms with Gasteiger partial charge in [-0.15, -0.1) is 0 Å². The smallest absolute Gasteiger partial charge is 0.303 e. The molecule has 0 bridgehead atoms. The van der Waals surface area contributed by atoms with E-state index >= 15 is 0 Å². The highest BCUT2D eigenvalue weighted by atomic mass is 35.5. The Balaban J connectivity index is 2.12. The summed E-state index contributed by atoms with van der Waals surface area (Å²) >= 11 is 5.83. The van der Waals surface area contributed by atoms with Gasteiger partial charge in [-0.05, 0) is 48.9 Å². The van der Waals surface area contributed by atoms with Crippen LogP contribution in [0.5, 0.6) is 0 Å². The van der Waals surface area contributed by atoms with Crippen LogP contribution in [0.2, 0.25) is 5.02 Å². The number of carboxylic acids is 1. The van der Waals surface area contributed by atoms with Crippen molar-refractivity contribution in [2.45, 2.75) is 37.5 Å². The number of benzene rings is 1. The van der Waals surface area contributed by atoms with Crippen molar-refractivity contribution in [1.82, 2.24) is 4.72 Å². The predicted octanol–water partition coefficient (Wildman–Crippen LogP) is 2.57. The molecule has 0 amide bonds. The maximum atomic E-state index is 12.3. The van der Waals surface area contributed by atoms with Crippen LogP contribution in [0.25, 0.3) is 0 Å². The van der Waals surface area contributed by atoms with Crippen molar-refractivity contribution < 1.29 is 18.3 Å². The lowest BCUT2D eigenvalue weighted by Crippen LogP contribution is -2.43. The van der Waals surface area contributed by atoms with E-state index in [0.717, 1.165) is 19.3 Å². The molecule has 2 N–H and O–H groups in total. The first kappa shape index (κ1) is 16.3. The first-order chi connectivity index (χ1) is 9.74. The average Bonchev–Trinajstić information content (AvgIpc) is 2.31. The molecule has 0 radical (unpaired) electrons. The van der Waals surface area contributed by atoms with Gasteiger partial charge in [0.25, 0.3) is 0 Å². The molecule has 1 aliphatic carbocycles. The minimum absolute atomic E-state index is 0.00484. The Labute approximate surface area is 129 Å². The first-order valence-corrected chi connectivity index (χ1v) is 8.58. The molecule has 116 valence electrons. The standard InChI is InChI=1S/C14H18ClNO4S/c1-10-7-11(15)3-4-12(10)21(19,20)16-9-14(5-2-6-14)8-13(17)18/h3-4,7,16H,2,5-6,8-9H2,1H3,(H,17,18). The van der Waals surface area contributed by atoms with Crippen LogP contribution in [0.3, 0.4) is 0 Å². The van der Waals surface area contributed by atoms with Crippen molar-refractivity contribution in [3.05, 3.63) is 28.8 Å². The van der Waals surface area contributed by atoms with Crippen molar-refractivity contribution in [1.29, 1.82) is 0 Å². The second kappa shape index (κ2) is 5.94. The Morgan fingerprint density at radius 1 is 1.43 bits per heavy atom. The molecule has 0 atom stereocenters. The molecule has 2 rings (SSSR count). The van der Waals surface area contributed by atoms with Crippen molar-refractivity contribution in [3.63, 3.8) is 0 Å². The van der Waals surface area contributed by atoms with E-state index < -0.39 is 21.4 Å². The molecule has 0 heterocycles. The van der Waals surface area contributed by atoms with Gasteiger partial charge in [-0.3, -0.25) is 4.79 Å². The number of carboxylic acid groups (broad SMARTS) is 1. The van der Waals surface area contributed by atoms with Gasteiger partial charge in [0.05, 0.1) is 11.3 Å². The molecule has 0 aliphatic heterocycles. The molecular weight excluding hydrogens is 314 g/mol. The number of hydrogen-bond donors (Lipinski definition) is 2. The van der Waals surface area contributed by atoms with E-state index in [1.165, 1.54) is 12.1 Å². The molecule has 1 aromatic rings. The normalized spacial score (nSPS) is 17.2. The van der Waals surface area contributed by atoms with Gasteiger partial charge in [0.15, 0.2) is 0 Å². The molecular formula is C14H18ClNO4S. The zero-order chi connectivity index (χ0) is 15.7. The van der Waals surface area contributed by atoms with E-state index in [0.29, 0.717) is 10.6 Å². The van der Waals surface area contributed by atoms with E-state index in [1.807, 2.05) is 0 Å². The third-order valence-electron chi connectivity index (χ3n) is 4.00.